The molecule has 0 saturated heterocycles. The Balaban J connectivity index is 2.17. The number of fused-ring (bicyclic) bond motifs is 1. The second kappa shape index (κ2) is 4.58. The highest BCUT2D eigenvalue weighted by Gasteiger charge is 2.27. The van der Waals surface area contributed by atoms with E-state index in [9.17, 15) is 5.11 Å². The van der Waals surface area contributed by atoms with Crippen LogP contribution in [0.2, 0.25) is 0 Å². The lowest BCUT2D eigenvalue weighted by molar-refractivity contribution is 0.475. The summed E-state index contributed by atoms with van der Waals surface area (Å²) in [6.45, 7) is 4.48. The summed E-state index contributed by atoms with van der Waals surface area (Å²) < 4.78 is 0. The van der Waals surface area contributed by atoms with Crippen LogP contribution in [0.1, 0.15) is 42.9 Å². The summed E-state index contributed by atoms with van der Waals surface area (Å²) in [6.07, 6.45) is 1.04. The quantitative estimate of drug-likeness (QED) is 0.809. The summed E-state index contributed by atoms with van der Waals surface area (Å²) in [5.74, 6) is 0.751. The van der Waals surface area contributed by atoms with Gasteiger partial charge in [0.1, 0.15) is 5.75 Å². The van der Waals surface area contributed by atoms with Crippen LogP contribution in [-0.2, 0) is 0 Å². The molecule has 2 aromatic carbocycles. The molecule has 0 fully saturated rings. The largest absolute Gasteiger partial charge is 0.508 e. The monoisotopic (exact) mass is 250 g/mol. The van der Waals surface area contributed by atoms with Gasteiger partial charge in [0.15, 0.2) is 0 Å². The summed E-state index contributed by atoms with van der Waals surface area (Å²) in [5, 5.41) is 9.45. The van der Waals surface area contributed by atoms with Crippen molar-refractivity contribution in [3.63, 3.8) is 0 Å². The van der Waals surface area contributed by atoms with Crippen molar-refractivity contribution >= 4 is 11.1 Å². The standard InChI is InChI=1S/C18H18O/c1-3-15-17-7-5-4-6-16(17)12(2)18(15)13-8-10-14(19)11-9-13/h4-12,19H,3H2,1-2H3. The normalized spacial score (nSPS) is 17.7. The first-order chi connectivity index (χ1) is 9.22. The van der Waals surface area contributed by atoms with Crippen LogP contribution >= 0.6 is 0 Å². The number of phenolic OH excluding ortho intramolecular Hbond substituents is 1. The maximum Gasteiger partial charge on any atom is 0.115 e. The third kappa shape index (κ3) is 1.86. The van der Waals surface area contributed by atoms with E-state index in [-0.39, 0.29) is 0 Å². The Hall–Kier alpha value is -2.02. The van der Waals surface area contributed by atoms with Gasteiger partial charge in [-0.2, -0.15) is 0 Å². The fourth-order valence-electron chi connectivity index (χ4n) is 3.16. The molecule has 0 aliphatic heterocycles. The summed E-state index contributed by atoms with van der Waals surface area (Å²) in [4.78, 5) is 0. The summed E-state index contributed by atoms with van der Waals surface area (Å²) in [5.41, 5.74) is 6.87. The smallest absolute Gasteiger partial charge is 0.115 e. The minimum atomic E-state index is 0.325. The van der Waals surface area contributed by atoms with Crippen molar-refractivity contribution in [1.82, 2.24) is 0 Å². The molecule has 2 aromatic rings. The number of allylic oxidation sites excluding steroid dienone is 2. The molecule has 3 rings (SSSR count). The zero-order chi connectivity index (χ0) is 13.4. The SMILES string of the molecule is CCC1=C(c2ccc(O)cc2)C(C)c2ccccc21. The van der Waals surface area contributed by atoms with Gasteiger partial charge in [-0.1, -0.05) is 50.2 Å². The van der Waals surface area contributed by atoms with Gasteiger partial charge in [-0.3, -0.25) is 0 Å². The van der Waals surface area contributed by atoms with Gasteiger partial charge in [-0.25, -0.2) is 0 Å². The number of benzene rings is 2. The Morgan fingerprint density at radius 3 is 2.37 bits per heavy atom. The molecular formula is C18H18O. The molecule has 1 aliphatic carbocycles. The second-order valence-corrected chi connectivity index (χ2v) is 5.10. The third-order valence-corrected chi connectivity index (χ3v) is 4.04. The van der Waals surface area contributed by atoms with E-state index in [4.69, 9.17) is 0 Å². The van der Waals surface area contributed by atoms with Gasteiger partial charge in [0, 0.05) is 5.92 Å². The van der Waals surface area contributed by atoms with Crippen LogP contribution in [0.15, 0.2) is 48.5 Å². The highest BCUT2D eigenvalue weighted by atomic mass is 16.3. The Kier molecular flexibility index (Phi) is 2.90. The van der Waals surface area contributed by atoms with Crippen LogP contribution in [0.5, 0.6) is 5.75 Å². The molecule has 1 nitrogen and oxygen atoms in total. The first-order valence-electron chi connectivity index (χ1n) is 6.84. The van der Waals surface area contributed by atoms with E-state index < -0.39 is 0 Å². The molecule has 0 radical (unpaired) electrons. The Labute approximate surface area is 114 Å². The maximum atomic E-state index is 9.45. The summed E-state index contributed by atoms with van der Waals surface area (Å²) in [6, 6.07) is 16.2. The van der Waals surface area contributed by atoms with Gasteiger partial charge in [0.2, 0.25) is 0 Å². The van der Waals surface area contributed by atoms with Crippen molar-refractivity contribution in [2.45, 2.75) is 26.2 Å². The van der Waals surface area contributed by atoms with E-state index in [2.05, 4.69) is 38.1 Å². The zero-order valence-corrected chi connectivity index (χ0v) is 11.4. The highest BCUT2D eigenvalue weighted by Crippen LogP contribution is 2.47. The zero-order valence-electron chi connectivity index (χ0n) is 11.4. The molecule has 0 amide bonds. The van der Waals surface area contributed by atoms with Gasteiger partial charge in [-0.15, -0.1) is 0 Å². The van der Waals surface area contributed by atoms with Gasteiger partial charge in [0.25, 0.3) is 0 Å². The van der Waals surface area contributed by atoms with E-state index in [0.717, 1.165) is 6.42 Å². The minimum Gasteiger partial charge on any atom is -0.508 e. The Morgan fingerprint density at radius 1 is 1.00 bits per heavy atom. The number of phenols is 1. The maximum absolute atomic E-state index is 9.45. The molecule has 0 bridgehead atoms. The first kappa shape index (κ1) is 12.0. The van der Waals surface area contributed by atoms with Crippen LogP contribution < -0.4 is 0 Å². The fraction of sp³-hybridized carbons (Fsp3) is 0.222. The number of aromatic hydroxyl groups is 1. The van der Waals surface area contributed by atoms with Crippen molar-refractivity contribution in [3.8, 4) is 5.75 Å². The van der Waals surface area contributed by atoms with Gasteiger partial charge in [-0.05, 0) is 46.4 Å². The van der Waals surface area contributed by atoms with Crippen LogP contribution in [0, 0.1) is 0 Å². The average molecular weight is 250 g/mol. The molecule has 1 unspecified atom stereocenters. The van der Waals surface area contributed by atoms with Gasteiger partial charge < -0.3 is 5.11 Å². The Bertz CT molecular complexity index is 635. The summed E-state index contributed by atoms with van der Waals surface area (Å²) in [7, 11) is 0. The number of rotatable bonds is 2. The van der Waals surface area contributed by atoms with Crippen LogP contribution in [0.25, 0.3) is 11.1 Å². The minimum absolute atomic E-state index is 0.325. The molecule has 1 N–H and O–H groups in total. The lowest BCUT2D eigenvalue weighted by Gasteiger charge is -2.12. The Morgan fingerprint density at radius 2 is 1.68 bits per heavy atom. The molecule has 1 heteroatoms. The van der Waals surface area contributed by atoms with Crippen LogP contribution in [-0.4, -0.2) is 5.11 Å². The predicted octanol–water partition coefficient (Wildman–Crippen LogP) is 4.83. The number of hydrogen-bond acceptors (Lipinski definition) is 1. The molecule has 1 aliphatic rings. The highest BCUT2D eigenvalue weighted by molar-refractivity contribution is 5.99. The van der Waals surface area contributed by atoms with Crippen LogP contribution in [0.4, 0.5) is 0 Å². The van der Waals surface area contributed by atoms with E-state index in [1.54, 1.807) is 12.1 Å². The van der Waals surface area contributed by atoms with Crippen molar-refractivity contribution in [3.05, 3.63) is 65.2 Å². The van der Waals surface area contributed by atoms with Crippen molar-refractivity contribution in [1.29, 1.82) is 0 Å². The van der Waals surface area contributed by atoms with Gasteiger partial charge >= 0.3 is 0 Å². The molecular weight excluding hydrogens is 232 g/mol. The molecule has 19 heavy (non-hydrogen) atoms. The molecule has 0 spiro atoms. The van der Waals surface area contributed by atoms with Crippen molar-refractivity contribution < 1.29 is 5.11 Å². The lowest BCUT2D eigenvalue weighted by Crippen LogP contribution is -1.93. The van der Waals surface area contributed by atoms with E-state index in [1.165, 1.54) is 27.8 Å². The molecule has 0 aromatic heterocycles. The van der Waals surface area contributed by atoms with E-state index >= 15 is 0 Å². The lowest BCUT2D eigenvalue weighted by atomic mass is 9.92. The second-order valence-electron chi connectivity index (χ2n) is 5.10. The summed E-state index contributed by atoms with van der Waals surface area (Å²) >= 11 is 0. The van der Waals surface area contributed by atoms with E-state index in [0.29, 0.717) is 11.7 Å². The van der Waals surface area contributed by atoms with E-state index in [1.807, 2.05) is 12.1 Å². The topological polar surface area (TPSA) is 20.2 Å². The first-order valence-corrected chi connectivity index (χ1v) is 6.84. The van der Waals surface area contributed by atoms with Crippen molar-refractivity contribution in [2.24, 2.45) is 0 Å². The number of hydrogen-bond donors (Lipinski definition) is 1. The molecule has 0 saturated carbocycles. The van der Waals surface area contributed by atoms with Crippen LogP contribution in [0.3, 0.4) is 0 Å². The average Bonchev–Trinajstić information content (AvgIpc) is 2.73. The predicted molar refractivity (Wildman–Crippen MR) is 80.1 cm³/mol. The van der Waals surface area contributed by atoms with Gasteiger partial charge in [0.05, 0.1) is 0 Å². The third-order valence-electron chi connectivity index (χ3n) is 4.04. The van der Waals surface area contributed by atoms with Crippen molar-refractivity contribution in [2.75, 3.05) is 0 Å². The molecule has 96 valence electrons. The molecule has 1 atom stereocenters. The molecule has 0 heterocycles. The fourth-order valence-corrected chi connectivity index (χ4v) is 3.16.